The molecule has 0 bridgehead atoms. The molecular weight excluding hydrogens is 184 g/mol. The second-order valence-corrected chi connectivity index (χ2v) is 4.47. The normalized spacial score (nSPS) is 23.2. The van der Waals surface area contributed by atoms with Crippen LogP contribution in [0, 0.1) is 0 Å². The maximum absolute atomic E-state index is 9.99. The minimum absolute atomic E-state index is 0.423. The SMILES string of the molecule is NC1(C(O)c2cscn2)CCCC1. The van der Waals surface area contributed by atoms with E-state index in [1.807, 2.05) is 5.38 Å². The molecule has 0 amide bonds. The average Bonchev–Trinajstić information content (AvgIpc) is 2.73. The van der Waals surface area contributed by atoms with Crippen LogP contribution in [0.25, 0.3) is 0 Å². The predicted molar refractivity (Wildman–Crippen MR) is 52.5 cm³/mol. The Kier molecular flexibility index (Phi) is 2.36. The smallest absolute Gasteiger partial charge is 0.115 e. The quantitative estimate of drug-likeness (QED) is 0.756. The highest BCUT2D eigenvalue weighted by Crippen LogP contribution is 2.37. The van der Waals surface area contributed by atoms with Gasteiger partial charge < -0.3 is 10.8 Å². The lowest BCUT2D eigenvalue weighted by atomic mass is 9.90. The molecule has 0 spiro atoms. The maximum Gasteiger partial charge on any atom is 0.115 e. The van der Waals surface area contributed by atoms with Crippen molar-refractivity contribution < 1.29 is 5.11 Å². The van der Waals surface area contributed by atoms with Crippen LogP contribution in [0.2, 0.25) is 0 Å². The number of aliphatic hydroxyl groups is 1. The number of thiazole rings is 1. The fraction of sp³-hybridized carbons (Fsp3) is 0.667. The molecule has 1 atom stereocenters. The zero-order valence-electron chi connectivity index (χ0n) is 7.44. The van der Waals surface area contributed by atoms with E-state index in [4.69, 9.17) is 5.73 Å². The first-order chi connectivity index (χ1) is 6.22. The number of rotatable bonds is 2. The molecule has 1 saturated carbocycles. The van der Waals surface area contributed by atoms with Crippen LogP contribution in [0.1, 0.15) is 37.5 Å². The zero-order chi connectivity index (χ0) is 9.31. The van der Waals surface area contributed by atoms with Gasteiger partial charge in [-0.15, -0.1) is 11.3 Å². The third-order valence-corrected chi connectivity index (χ3v) is 3.42. The van der Waals surface area contributed by atoms with Gasteiger partial charge in [-0.2, -0.15) is 0 Å². The van der Waals surface area contributed by atoms with Crippen LogP contribution in [0.15, 0.2) is 10.9 Å². The monoisotopic (exact) mass is 198 g/mol. The lowest BCUT2D eigenvalue weighted by Gasteiger charge is -2.28. The van der Waals surface area contributed by atoms with Gasteiger partial charge in [0, 0.05) is 10.9 Å². The van der Waals surface area contributed by atoms with E-state index in [2.05, 4.69) is 4.98 Å². The molecule has 3 nitrogen and oxygen atoms in total. The van der Waals surface area contributed by atoms with Crippen LogP contribution in [0.5, 0.6) is 0 Å². The van der Waals surface area contributed by atoms with Gasteiger partial charge in [0.25, 0.3) is 0 Å². The van der Waals surface area contributed by atoms with Gasteiger partial charge in [0.1, 0.15) is 6.10 Å². The third-order valence-electron chi connectivity index (χ3n) is 2.81. The largest absolute Gasteiger partial charge is 0.385 e. The van der Waals surface area contributed by atoms with Crippen molar-refractivity contribution in [3.63, 3.8) is 0 Å². The first-order valence-electron chi connectivity index (χ1n) is 4.57. The molecule has 4 heteroatoms. The van der Waals surface area contributed by atoms with Gasteiger partial charge >= 0.3 is 0 Å². The van der Waals surface area contributed by atoms with E-state index in [0.717, 1.165) is 31.4 Å². The van der Waals surface area contributed by atoms with Crippen LogP contribution in [0.3, 0.4) is 0 Å². The summed E-state index contributed by atoms with van der Waals surface area (Å²) < 4.78 is 0. The van der Waals surface area contributed by atoms with Crippen molar-refractivity contribution in [2.75, 3.05) is 0 Å². The van der Waals surface area contributed by atoms with E-state index in [1.165, 1.54) is 11.3 Å². The average molecular weight is 198 g/mol. The second-order valence-electron chi connectivity index (χ2n) is 3.76. The van der Waals surface area contributed by atoms with Crippen LogP contribution >= 0.6 is 11.3 Å². The van der Waals surface area contributed by atoms with E-state index < -0.39 is 11.6 Å². The van der Waals surface area contributed by atoms with Crippen LogP contribution < -0.4 is 5.73 Å². The van der Waals surface area contributed by atoms with Crippen molar-refractivity contribution in [1.82, 2.24) is 4.98 Å². The van der Waals surface area contributed by atoms with Crippen molar-refractivity contribution in [1.29, 1.82) is 0 Å². The van der Waals surface area contributed by atoms with Gasteiger partial charge in [0.2, 0.25) is 0 Å². The summed E-state index contributed by atoms with van der Waals surface area (Å²) in [5.74, 6) is 0. The molecule has 1 aromatic rings. The standard InChI is InChI=1S/C9H14N2OS/c10-9(3-1-2-4-9)8(12)7-5-13-6-11-7/h5-6,8,12H,1-4,10H2. The molecule has 1 heterocycles. The molecule has 2 rings (SSSR count). The summed E-state index contributed by atoms with van der Waals surface area (Å²) in [7, 11) is 0. The summed E-state index contributed by atoms with van der Waals surface area (Å²) in [6.45, 7) is 0. The van der Waals surface area contributed by atoms with E-state index in [1.54, 1.807) is 5.51 Å². The fourth-order valence-corrected chi connectivity index (χ4v) is 2.53. The Bertz CT molecular complexity index is 267. The van der Waals surface area contributed by atoms with Crippen LogP contribution in [-0.4, -0.2) is 15.6 Å². The Hall–Kier alpha value is -0.450. The number of aliphatic hydroxyl groups excluding tert-OH is 1. The van der Waals surface area contributed by atoms with Gasteiger partial charge in [0.15, 0.2) is 0 Å². The van der Waals surface area contributed by atoms with Crippen LogP contribution in [0.4, 0.5) is 0 Å². The number of hydrogen-bond donors (Lipinski definition) is 2. The third kappa shape index (κ3) is 1.61. The molecule has 72 valence electrons. The highest BCUT2D eigenvalue weighted by atomic mass is 32.1. The van der Waals surface area contributed by atoms with Crippen molar-refractivity contribution in [2.24, 2.45) is 5.73 Å². The summed E-state index contributed by atoms with van der Waals surface area (Å²) in [6.07, 6.45) is 3.48. The highest BCUT2D eigenvalue weighted by molar-refractivity contribution is 7.07. The number of hydrogen-bond acceptors (Lipinski definition) is 4. The lowest BCUT2D eigenvalue weighted by Crippen LogP contribution is -2.43. The molecule has 0 aromatic carbocycles. The topological polar surface area (TPSA) is 59.1 Å². The zero-order valence-corrected chi connectivity index (χ0v) is 8.26. The minimum Gasteiger partial charge on any atom is -0.385 e. The van der Waals surface area contributed by atoms with E-state index >= 15 is 0 Å². The molecule has 1 unspecified atom stereocenters. The van der Waals surface area contributed by atoms with Gasteiger partial charge in [-0.05, 0) is 12.8 Å². The van der Waals surface area contributed by atoms with Crippen LogP contribution in [-0.2, 0) is 0 Å². The summed E-state index contributed by atoms with van der Waals surface area (Å²) in [6, 6.07) is 0. The Morgan fingerprint density at radius 1 is 1.54 bits per heavy atom. The molecule has 3 N–H and O–H groups in total. The van der Waals surface area contributed by atoms with Gasteiger partial charge in [-0.25, -0.2) is 4.98 Å². The van der Waals surface area contributed by atoms with Crippen molar-refractivity contribution in [3.05, 3.63) is 16.6 Å². The first kappa shape index (κ1) is 9.12. The molecule has 1 aliphatic carbocycles. The predicted octanol–water partition coefficient (Wildman–Crippen LogP) is 1.45. The minimum atomic E-state index is -0.582. The van der Waals surface area contributed by atoms with E-state index in [-0.39, 0.29) is 0 Å². The molecule has 0 radical (unpaired) electrons. The Balaban J connectivity index is 2.16. The summed E-state index contributed by atoms with van der Waals surface area (Å²) in [5, 5.41) is 11.9. The summed E-state index contributed by atoms with van der Waals surface area (Å²) in [4.78, 5) is 4.09. The molecule has 0 aliphatic heterocycles. The van der Waals surface area contributed by atoms with E-state index in [0.29, 0.717) is 0 Å². The van der Waals surface area contributed by atoms with E-state index in [9.17, 15) is 5.11 Å². The van der Waals surface area contributed by atoms with Gasteiger partial charge in [-0.3, -0.25) is 0 Å². The Morgan fingerprint density at radius 3 is 2.77 bits per heavy atom. The number of nitrogens with zero attached hydrogens (tertiary/aromatic N) is 1. The molecule has 13 heavy (non-hydrogen) atoms. The number of nitrogens with two attached hydrogens (primary N) is 1. The summed E-state index contributed by atoms with van der Waals surface area (Å²) in [5.41, 5.74) is 8.15. The van der Waals surface area contributed by atoms with Gasteiger partial charge in [-0.1, -0.05) is 12.8 Å². The summed E-state index contributed by atoms with van der Waals surface area (Å²) >= 11 is 1.50. The number of aromatic nitrogens is 1. The second kappa shape index (κ2) is 3.36. The van der Waals surface area contributed by atoms with Crippen molar-refractivity contribution >= 4 is 11.3 Å². The fourth-order valence-electron chi connectivity index (χ4n) is 1.96. The molecule has 0 saturated heterocycles. The van der Waals surface area contributed by atoms with Crippen molar-refractivity contribution in [3.8, 4) is 0 Å². The molecule has 1 aliphatic rings. The lowest BCUT2D eigenvalue weighted by molar-refractivity contribution is 0.0839. The molecule has 1 aromatic heterocycles. The Labute approximate surface area is 81.6 Å². The first-order valence-corrected chi connectivity index (χ1v) is 5.52. The van der Waals surface area contributed by atoms with Gasteiger partial charge in [0.05, 0.1) is 11.2 Å². The highest BCUT2D eigenvalue weighted by Gasteiger charge is 2.38. The maximum atomic E-state index is 9.99. The molecule has 1 fully saturated rings. The Morgan fingerprint density at radius 2 is 2.23 bits per heavy atom. The van der Waals surface area contributed by atoms with Crippen molar-refractivity contribution in [2.45, 2.75) is 37.3 Å². The molecular formula is C9H14N2OS.